The zero-order valence-electron chi connectivity index (χ0n) is 17.7. The average Bonchev–Trinajstić information content (AvgIpc) is 2.96. The molecule has 0 saturated carbocycles. The molecule has 36 heavy (non-hydrogen) atoms. The summed E-state index contributed by atoms with van der Waals surface area (Å²) in [6.45, 7) is 0.0875. The number of carboxylic acid groups (broad SMARTS) is 1. The van der Waals surface area contributed by atoms with Crippen molar-refractivity contribution in [2.24, 2.45) is 4.99 Å². The standard InChI is InChI=1S/C25H14Cl2F2N4O2.CH4/c26-13-4-6-15-17(8-13)23(21-19(28)2-1-3-20(21)29)30-10-12-11-31-25(33-22(12)15)32-14-5-7-16(24(34)35)18(27)9-14;/h1-9,11H,10H2,(H,34,35)(H,31,32,33);1H4. The second-order valence-corrected chi connectivity index (χ2v) is 8.49. The molecule has 3 aromatic carbocycles. The van der Waals surface area contributed by atoms with Crippen molar-refractivity contribution in [2.45, 2.75) is 14.0 Å². The number of hydrogen-bond acceptors (Lipinski definition) is 5. The van der Waals surface area contributed by atoms with Crippen LogP contribution in [0.2, 0.25) is 10.0 Å². The number of anilines is 2. The Hall–Kier alpha value is -3.88. The Bertz CT molecular complexity index is 1520. The fourth-order valence-electron chi connectivity index (χ4n) is 3.82. The van der Waals surface area contributed by atoms with Crippen LogP contribution in [0.1, 0.15) is 34.5 Å². The summed E-state index contributed by atoms with van der Waals surface area (Å²) in [5, 5.41) is 12.6. The Morgan fingerprint density at radius 2 is 1.75 bits per heavy atom. The van der Waals surface area contributed by atoms with Crippen LogP contribution in [0.5, 0.6) is 0 Å². The first-order valence-electron chi connectivity index (χ1n) is 10.3. The second-order valence-electron chi connectivity index (χ2n) is 7.64. The van der Waals surface area contributed by atoms with Gasteiger partial charge in [0.15, 0.2) is 0 Å². The number of carboxylic acids is 1. The Morgan fingerprint density at radius 3 is 2.44 bits per heavy atom. The molecule has 0 fully saturated rings. The monoisotopic (exact) mass is 526 g/mol. The number of nitrogens with zero attached hydrogens (tertiary/aromatic N) is 3. The maximum Gasteiger partial charge on any atom is 0.337 e. The topological polar surface area (TPSA) is 87.5 Å². The number of aliphatic imine (C=N–C) groups is 1. The van der Waals surface area contributed by atoms with E-state index in [1.165, 1.54) is 30.3 Å². The van der Waals surface area contributed by atoms with Gasteiger partial charge in [0, 0.05) is 33.6 Å². The molecule has 0 radical (unpaired) electrons. The third-order valence-corrected chi connectivity index (χ3v) is 5.97. The minimum absolute atomic E-state index is 0. The van der Waals surface area contributed by atoms with E-state index < -0.39 is 17.6 Å². The predicted molar refractivity (Wildman–Crippen MR) is 137 cm³/mol. The van der Waals surface area contributed by atoms with Crippen LogP contribution in [-0.2, 0) is 6.54 Å². The van der Waals surface area contributed by atoms with Gasteiger partial charge in [-0.2, -0.15) is 0 Å². The van der Waals surface area contributed by atoms with Crippen molar-refractivity contribution in [3.05, 3.63) is 105 Å². The van der Waals surface area contributed by atoms with Crippen LogP contribution >= 0.6 is 23.2 Å². The number of aromatic carboxylic acids is 1. The number of benzene rings is 3. The Labute approximate surface area is 215 Å². The summed E-state index contributed by atoms with van der Waals surface area (Å²) >= 11 is 12.3. The van der Waals surface area contributed by atoms with Crippen molar-refractivity contribution in [3.63, 3.8) is 0 Å². The summed E-state index contributed by atoms with van der Waals surface area (Å²) in [5.41, 5.74) is 2.49. The summed E-state index contributed by atoms with van der Waals surface area (Å²) in [6, 6.07) is 13.0. The average molecular weight is 527 g/mol. The van der Waals surface area contributed by atoms with Gasteiger partial charge in [0.1, 0.15) is 11.6 Å². The lowest BCUT2D eigenvalue weighted by atomic mass is 9.95. The summed E-state index contributed by atoms with van der Waals surface area (Å²) < 4.78 is 29.3. The smallest absolute Gasteiger partial charge is 0.337 e. The SMILES string of the molecule is C.O=C(O)c1ccc(Nc2ncc3c(n2)-c2ccc(Cl)cc2C(c2c(F)cccc2F)=NC3)cc1Cl. The quantitative estimate of drug-likeness (QED) is 0.294. The fraction of sp³-hybridized carbons (Fsp3) is 0.0769. The third-order valence-electron chi connectivity index (χ3n) is 5.42. The van der Waals surface area contributed by atoms with Gasteiger partial charge in [-0.15, -0.1) is 0 Å². The number of nitrogens with one attached hydrogen (secondary N) is 1. The van der Waals surface area contributed by atoms with Crippen molar-refractivity contribution in [2.75, 3.05) is 5.32 Å². The van der Waals surface area contributed by atoms with E-state index in [2.05, 4.69) is 20.3 Å². The predicted octanol–water partition coefficient (Wildman–Crippen LogP) is 7.16. The third kappa shape index (κ3) is 4.65. The van der Waals surface area contributed by atoms with Crippen LogP contribution < -0.4 is 5.32 Å². The molecular formula is C26H18Cl2F2N4O2. The summed E-state index contributed by atoms with van der Waals surface area (Å²) in [6.07, 6.45) is 1.57. The first-order valence-corrected chi connectivity index (χ1v) is 11.0. The maximum atomic E-state index is 14.7. The van der Waals surface area contributed by atoms with Crippen molar-refractivity contribution in [3.8, 4) is 11.3 Å². The highest BCUT2D eigenvalue weighted by Crippen LogP contribution is 2.35. The minimum atomic E-state index is -1.14. The van der Waals surface area contributed by atoms with Gasteiger partial charge in [0.2, 0.25) is 5.95 Å². The molecule has 0 unspecified atom stereocenters. The molecule has 4 aromatic rings. The van der Waals surface area contributed by atoms with E-state index in [9.17, 15) is 13.6 Å². The van der Waals surface area contributed by atoms with E-state index in [4.69, 9.17) is 28.3 Å². The van der Waals surface area contributed by atoms with Crippen LogP contribution in [0.3, 0.4) is 0 Å². The summed E-state index contributed by atoms with van der Waals surface area (Å²) in [7, 11) is 0. The molecule has 0 amide bonds. The molecule has 1 aliphatic heterocycles. The van der Waals surface area contributed by atoms with Gasteiger partial charge in [0.25, 0.3) is 0 Å². The summed E-state index contributed by atoms with van der Waals surface area (Å²) in [5.74, 6) is -2.41. The zero-order chi connectivity index (χ0) is 24.7. The van der Waals surface area contributed by atoms with Crippen molar-refractivity contribution in [1.82, 2.24) is 9.97 Å². The number of halogens is 4. The van der Waals surface area contributed by atoms with E-state index in [0.717, 1.165) is 0 Å². The highest BCUT2D eigenvalue weighted by molar-refractivity contribution is 6.33. The normalized spacial score (nSPS) is 11.9. The number of fused-ring (bicyclic) bond motifs is 3. The molecule has 0 saturated heterocycles. The lowest BCUT2D eigenvalue weighted by Crippen LogP contribution is -2.10. The summed E-state index contributed by atoms with van der Waals surface area (Å²) in [4.78, 5) is 24.6. The molecule has 0 atom stereocenters. The molecule has 10 heteroatoms. The van der Waals surface area contributed by atoms with Gasteiger partial charge in [-0.3, -0.25) is 4.99 Å². The van der Waals surface area contributed by atoms with E-state index in [1.54, 1.807) is 30.5 Å². The van der Waals surface area contributed by atoms with E-state index >= 15 is 0 Å². The second kappa shape index (κ2) is 10.0. The van der Waals surface area contributed by atoms with Gasteiger partial charge >= 0.3 is 5.97 Å². The van der Waals surface area contributed by atoms with Gasteiger partial charge < -0.3 is 10.4 Å². The molecule has 182 valence electrons. The number of rotatable bonds is 4. The number of carbonyl (C=O) groups is 1. The highest BCUT2D eigenvalue weighted by atomic mass is 35.5. The van der Waals surface area contributed by atoms with E-state index in [0.29, 0.717) is 33.1 Å². The molecule has 1 aromatic heterocycles. The van der Waals surface area contributed by atoms with E-state index in [1.807, 2.05) is 0 Å². The van der Waals surface area contributed by atoms with Gasteiger partial charge in [-0.05, 0) is 42.5 Å². The molecule has 2 heterocycles. The molecule has 6 nitrogen and oxygen atoms in total. The van der Waals surface area contributed by atoms with Crippen LogP contribution in [0.4, 0.5) is 20.4 Å². The molecule has 0 bridgehead atoms. The Kier molecular flexibility index (Phi) is 7.01. The highest BCUT2D eigenvalue weighted by Gasteiger charge is 2.25. The lowest BCUT2D eigenvalue weighted by Gasteiger charge is -2.13. The van der Waals surface area contributed by atoms with Crippen molar-refractivity contribution in [1.29, 1.82) is 0 Å². The first-order chi connectivity index (χ1) is 16.8. The van der Waals surface area contributed by atoms with Crippen LogP contribution in [0, 0.1) is 11.6 Å². The molecular weight excluding hydrogens is 509 g/mol. The lowest BCUT2D eigenvalue weighted by molar-refractivity contribution is 0.0697. The van der Waals surface area contributed by atoms with Crippen molar-refractivity contribution >= 4 is 46.5 Å². The largest absolute Gasteiger partial charge is 0.478 e. The van der Waals surface area contributed by atoms with Gasteiger partial charge in [-0.1, -0.05) is 42.8 Å². The molecule has 1 aliphatic rings. The Morgan fingerprint density at radius 1 is 1.00 bits per heavy atom. The Balaban J connectivity index is 0.00000304. The van der Waals surface area contributed by atoms with Gasteiger partial charge in [0.05, 0.1) is 34.1 Å². The van der Waals surface area contributed by atoms with E-state index in [-0.39, 0.29) is 41.8 Å². The van der Waals surface area contributed by atoms with Crippen molar-refractivity contribution < 1.29 is 18.7 Å². The minimum Gasteiger partial charge on any atom is -0.478 e. The molecule has 5 rings (SSSR count). The zero-order valence-corrected chi connectivity index (χ0v) is 19.2. The van der Waals surface area contributed by atoms with Gasteiger partial charge in [-0.25, -0.2) is 23.5 Å². The molecule has 0 aliphatic carbocycles. The van der Waals surface area contributed by atoms with Crippen LogP contribution in [-0.4, -0.2) is 26.8 Å². The molecule has 0 spiro atoms. The maximum absolute atomic E-state index is 14.7. The van der Waals surface area contributed by atoms with Crippen LogP contribution in [0.15, 0.2) is 65.8 Å². The number of aromatic nitrogens is 2. The molecule has 2 N–H and O–H groups in total. The van der Waals surface area contributed by atoms with Crippen LogP contribution in [0.25, 0.3) is 11.3 Å². The first kappa shape index (κ1) is 25.2. The number of hydrogen-bond donors (Lipinski definition) is 2. The fourth-order valence-corrected chi connectivity index (χ4v) is 4.25.